The van der Waals surface area contributed by atoms with Crippen molar-refractivity contribution >= 4 is 16.7 Å². The molecule has 1 atom stereocenters. The van der Waals surface area contributed by atoms with Gasteiger partial charge in [0.05, 0.1) is 22.5 Å². The number of nitrogens with zero attached hydrogens (tertiary/aromatic N) is 4. The van der Waals surface area contributed by atoms with E-state index in [0.29, 0.717) is 48.6 Å². The third-order valence-corrected chi connectivity index (χ3v) is 5.94. The maximum absolute atomic E-state index is 13.6. The van der Waals surface area contributed by atoms with E-state index in [1.54, 1.807) is 27.7 Å². The molecule has 3 heterocycles. The molecule has 2 aliphatic rings. The normalized spacial score (nSPS) is 19.6. The molecule has 1 unspecified atom stereocenters. The molecule has 1 saturated carbocycles. The highest BCUT2D eigenvalue weighted by atomic mass is 19.4. The van der Waals surface area contributed by atoms with Gasteiger partial charge < -0.3 is 4.90 Å². The van der Waals surface area contributed by atoms with E-state index in [-0.39, 0.29) is 11.4 Å². The molecule has 0 radical (unpaired) electrons. The van der Waals surface area contributed by atoms with Crippen LogP contribution in [0, 0.1) is 5.92 Å². The number of pyridine rings is 1. The van der Waals surface area contributed by atoms with E-state index in [1.807, 2.05) is 6.07 Å². The van der Waals surface area contributed by atoms with Crippen LogP contribution in [0.4, 0.5) is 19.0 Å². The summed E-state index contributed by atoms with van der Waals surface area (Å²) in [5.41, 5.74) is -0.298. The molecule has 5 nitrogen and oxygen atoms in total. The molecule has 8 heteroatoms. The van der Waals surface area contributed by atoms with Crippen LogP contribution in [0.15, 0.2) is 47.4 Å². The van der Waals surface area contributed by atoms with Crippen molar-refractivity contribution in [3.63, 3.8) is 0 Å². The molecule has 1 aliphatic carbocycles. The summed E-state index contributed by atoms with van der Waals surface area (Å²) < 4.78 is 42.6. The zero-order valence-electron chi connectivity index (χ0n) is 16.3. The molecule has 2 fully saturated rings. The van der Waals surface area contributed by atoms with E-state index in [1.165, 1.54) is 12.3 Å². The highest BCUT2D eigenvalue weighted by Gasteiger charge is 2.40. The molecule has 5 rings (SSSR count). The summed E-state index contributed by atoms with van der Waals surface area (Å²) >= 11 is 0. The predicted octanol–water partition coefficient (Wildman–Crippen LogP) is 4.56. The topological polar surface area (TPSA) is 51.0 Å². The molecule has 3 aromatic rings. The van der Waals surface area contributed by atoms with E-state index >= 15 is 0 Å². The van der Waals surface area contributed by atoms with E-state index in [4.69, 9.17) is 4.98 Å². The number of benzene rings is 1. The minimum absolute atomic E-state index is 0.0899. The number of anilines is 1. The van der Waals surface area contributed by atoms with Crippen LogP contribution in [0.3, 0.4) is 0 Å². The first-order chi connectivity index (χ1) is 14.4. The summed E-state index contributed by atoms with van der Waals surface area (Å²) in [5.74, 6) is 0.884. The quantitative estimate of drug-likeness (QED) is 0.628. The lowest BCUT2D eigenvalue weighted by Gasteiger charge is -2.29. The first kappa shape index (κ1) is 19.1. The van der Waals surface area contributed by atoms with Crippen LogP contribution in [-0.2, 0) is 12.7 Å². The Hall–Kier alpha value is -2.90. The number of halogens is 3. The van der Waals surface area contributed by atoms with Gasteiger partial charge in [-0.3, -0.25) is 9.36 Å². The van der Waals surface area contributed by atoms with Gasteiger partial charge in [-0.25, -0.2) is 9.97 Å². The smallest absolute Gasteiger partial charge is 0.346 e. The van der Waals surface area contributed by atoms with E-state index < -0.39 is 17.8 Å². The van der Waals surface area contributed by atoms with Gasteiger partial charge in [-0.05, 0) is 55.9 Å². The van der Waals surface area contributed by atoms with Crippen molar-refractivity contribution in [3.05, 3.63) is 64.3 Å². The fourth-order valence-corrected chi connectivity index (χ4v) is 4.31. The van der Waals surface area contributed by atoms with Crippen LogP contribution in [0.25, 0.3) is 10.9 Å². The van der Waals surface area contributed by atoms with Crippen molar-refractivity contribution in [2.75, 3.05) is 11.4 Å². The van der Waals surface area contributed by atoms with Crippen LogP contribution >= 0.6 is 0 Å². The number of fused-ring (bicyclic) bond motifs is 1. The summed E-state index contributed by atoms with van der Waals surface area (Å²) in [4.78, 5) is 23.8. The third-order valence-electron chi connectivity index (χ3n) is 5.94. The van der Waals surface area contributed by atoms with Crippen LogP contribution in [0.2, 0.25) is 0 Å². The average molecular weight is 414 g/mol. The van der Waals surface area contributed by atoms with Gasteiger partial charge in [0.1, 0.15) is 11.6 Å². The van der Waals surface area contributed by atoms with Crippen molar-refractivity contribution in [2.45, 2.75) is 44.4 Å². The SMILES string of the molecule is O=c1c2ccccc2nc(C2CCCN2c2ncccc2C(F)(F)F)n1CC1CC1. The Balaban J connectivity index is 1.66. The lowest BCUT2D eigenvalue weighted by molar-refractivity contribution is -0.137. The largest absolute Gasteiger partial charge is 0.419 e. The Morgan fingerprint density at radius 3 is 2.63 bits per heavy atom. The maximum Gasteiger partial charge on any atom is 0.419 e. The molecule has 1 saturated heterocycles. The first-order valence-electron chi connectivity index (χ1n) is 10.2. The zero-order chi connectivity index (χ0) is 20.9. The average Bonchev–Trinajstić information content (AvgIpc) is 3.42. The Kier molecular flexibility index (Phi) is 4.52. The van der Waals surface area contributed by atoms with Crippen molar-refractivity contribution in [1.82, 2.24) is 14.5 Å². The molecule has 1 aliphatic heterocycles. The summed E-state index contributed by atoms with van der Waals surface area (Å²) in [5, 5.41) is 0.542. The van der Waals surface area contributed by atoms with Gasteiger partial charge in [0.25, 0.3) is 5.56 Å². The molecule has 0 bridgehead atoms. The van der Waals surface area contributed by atoms with Gasteiger partial charge in [-0.2, -0.15) is 13.2 Å². The molecule has 30 heavy (non-hydrogen) atoms. The summed E-state index contributed by atoms with van der Waals surface area (Å²) in [6.07, 6.45) is 0.345. The molecule has 156 valence electrons. The molecular formula is C22H21F3N4O. The summed E-state index contributed by atoms with van der Waals surface area (Å²) in [7, 11) is 0. The maximum atomic E-state index is 13.6. The zero-order valence-corrected chi connectivity index (χ0v) is 16.3. The highest BCUT2D eigenvalue weighted by molar-refractivity contribution is 5.77. The van der Waals surface area contributed by atoms with Crippen molar-refractivity contribution in [2.24, 2.45) is 5.92 Å². The van der Waals surface area contributed by atoms with Crippen LogP contribution in [0.5, 0.6) is 0 Å². The van der Waals surface area contributed by atoms with Gasteiger partial charge >= 0.3 is 6.18 Å². The fourth-order valence-electron chi connectivity index (χ4n) is 4.31. The summed E-state index contributed by atoms with van der Waals surface area (Å²) in [6, 6.07) is 9.09. The van der Waals surface area contributed by atoms with Crippen molar-refractivity contribution < 1.29 is 13.2 Å². The number of alkyl halides is 3. The lowest BCUT2D eigenvalue weighted by atomic mass is 10.1. The molecule has 0 amide bonds. The minimum atomic E-state index is -4.50. The summed E-state index contributed by atoms with van der Waals surface area (Å²) in [6.45, 7) is 1.00. The number of hydrogen-bond donors (Lipinski definition) is 0. The molecule has 2 aromatic heterocycles. The van der Waals surface area contributed by atoms with Gasteiger partial charge in [0, 0.05) is 19.3 Å². The van der Waals surface area contributed by atoms with Gasteiger partial charge in [0.15, 0.2) is 0 Å². The van der Waals surface area contributed by atoms with Crippen molar-refractivity contribution in [1.29, 1.82) is 0 Å². The monoisotopic (exact) mass is 414 g/mol. The van der Waals surface area contributed by atoms with Crippen LogP contribution in [0.1, 0.15) is 43.1 Å². The molecule has 1 aromatic carbocycles. The number of para-hydroxylation sites is 1. The highest BCUT2D eigenvalue weighted by Crippen LogP contribution is 2.42. The molecule has 0 N–H and O–H groups in total. The van der Waals surface area contributed by atoms with Gasteiger partial charge in [0.2, 0.25) is 0 Å². The van der Waals surface area contributed by atoms with Crippen LogP contribution < -0.4 is 10.5 Å². The van der Waals surface area contributed by atoms with E-state index in [2.05, 4.69) is 4.98 Å². The number of hydrogen-bond acceptors (Lipinski definition) is 4. The minimum Gasteiger partial charge on any atom is -0.346 e. The van der Waals surface area contributed by atoms with E-state index in [0.717, 1.165) is 18.9 Å². The Labute approximate surface area is 171 Å². The van der Waals surface area contributed by atoms with E-state index in [9.17, 15) is 18.0 Å². The molecule has 0 spiro atoms. The Bertz CT molecular complexity index is 1150. The number of aromatic nitrogens is 3. The van der Waals surface area contributed by atoms with Gasteiger partial charge in [-0.15, -0.1) is 0 Å². The van der Waals surface area contributed by atoms with Crippen LogP contribution in [-0.4, -0.2) is 21.1 Å². The third kappa shape index (κ3) is 3.34. The second-order valence-electron chi connectivity index (χ2n) is 8.07. The Morgan fingerprint density at radius 1 is 1.07 bits per heavy atom. The first-order valence-corrected chi connectivity index (χ1v) is 10.2. The fraction of sp³-hybridized carbons (Fsp3) is 0.409. The molecular weight excluding hydrogens is 393 g/mol. The predicted molar refractivity (Wildman–Crippen MR) is 107 cm³/mol. The van der Waals surface area contributed by atoms with Gasteiger partial charge in [-0.1, -0.05) is 12.1 Å². The number of rotatable bonds is 4. The Morgan fingerprint density at radius 2 is 1.87 bits per heavy atom. The standard InChI is InChI=1S/C22H21F3N4O/c23-22(24,25)16-6-3-11-26-19(16)28-12-4-8-18(28)20-27-17-7-2-1-5-15(17)21(30)29(20)13-14-9-10-14/h1-3,5-7,11,14,18H,4,8-10,12-13H2. The van der Waals surface area contributed by atoms with Crippen molar-refractivity contribution in [3.8, 4) is 0 Å². The lowest BCUT2D eigenvalue weighted by Crippen LogP contribution is -2.34. The second kappa shape index (κ2) is 7.11. The second-order valence-corrected chi connectivity index (χ2v) is 8.07.